The number of rotatable bonds is 5. The van der Waals surface area contributed by atoms with E-state index in [0.29, 0.717) is 29.7 Å². The van der Waals surface area contributed by atoms with Crippen molar-refractivity contribution in [3.8, 4) is 16.9 Å². The predicted molar refractivity (Wildman–Crippen MR) is 139 cm³/mol. The second kappa shape index (κ2) is 8.82. The molecule has 0 spiro atoms. The van der Waals surface area contributed by atoms with E-state index in [1.807, 2.05) is 27.8 Å². The van der Waals surface area contributed by atoms with E-state index < -0.39 is 0 Å². The van der Waals surface area contributed by atoms with E-state index >= 15 is 0 Å². The first-order valence-electron chi connectivity index (χ1n) is 12.8. The number of nitrogens with zero attached hydrogens (tertiary/aromatic N) is 9. The van der Waals surface area contributed by atoms with Crippen LogP contribution in [0.25, 0.3) is 22.6 Å². The van der Waals surface area contributed by atoms with Crippen molar-refractivity contribution >= 4 is 23.2 Å². The number of ketones is 1. The number of H-pyrrole nitrogens is 1. The number of nitrogen functional groups attached to an aromatic ring is 1. The third-order valence-electron chi connectivity index (χ3n) is 7.86. The maximum absolute atomic E-state index is 13.1. The monoisotopic (exact) mass is 523 g/mol. The summed E-state index contributed by atoms with van der Waals surface area (Å²) in [4.78, 5) is 44.4. The van der Waals surface area contributed by atoms with E-state index in [1.165, 1.54) is 17.8 Å². The number of Topliss-reactive ketones (excluding diaryl/α,β-unsaturated/α-hetero) is 1. The lowest BCUT2D eigenvalue weighted by molar-refractivity contribution is 0.0556. The van der Waals surface area contributed by atoms with Gasteiger partial charge in [-0.05, 0) is 44.7 Å². The first-order valence-corrected chi connectivity index (χ1v) is 12.8. The summed E-state index contributed by atoms with van der Waals surface area (Å²) < 4.78 is 3.34. The molecular formula is C26H25N11O2. The van der Waals surface area contributed by atoms with Crippen LogP contribution in [0.1, 0.15) is 65.2 Å². The van der Waals surface area contributed by atoms with Gasteiger partial charge in [-0.3, -0.25) is 14.2 Å². The second-order valence-electron chi connectivity index (χ2n) is 10.1. The molecule has 5 aromatic rings. The summed E-state index contributed by atoms with van der Waals surface area (Å²) in [6.07, 6.45) is 13.2. The Morgan fingerprint density at radius 3 is 2.59 bits per heavy atom. The largest absolute Gasteiger partial charge is 0.383 e. The van der Waals surface area contributed by atoms with Gasteiger partial charge in [-0.15, -0.1) is 10.2 Å². The van der Waals surface area contributed by atoms with Crippen LogP contribution in [0.15, 0.2) is 49.6 Å². The number of nitrogens with one attached hydrogen (secondary N) is 1. The summed E-state index contributed by atoms with van der Waals surface area (Å²) in [7, 11) is 0. The molecule has 13 heteroatoms. The Labute approximate surface area is 222 Å². The van der Waals surface area contributed by atoms with E-state index in [0.717, 1.165) is 29.8 Å². The zero-order chi connectivity index (χ0) is 26.7. The van der Waals surface area contributed by atoms with Crippen molar-refractivity contribution in [3.63, 3.8) is 0 Å². The summed E-state index contributed by atoms with van der Waals surface area (Å²) in [5.41, 5.74) is 9.79. The van der Waals surface area contributed by atoms with Gasteiger partial charge >= 0.3 is 0 Å². The molecule has 1 amide bonds. The number of nitrogens with two attached hydrogens (primary N) is 1. The molecule has 13 nitrogen and oxygen atoms in total. The van der Waals surface area contributed by atoms with E-state index in [4.69, 9.17) is 10.7 Å². The van der Waals surface area contributed by atoms with Crippen molar-refractivity contribution in [3.05, 3.63) is 66.7 Å². The third-order valence-corrected chi connectivity index (χ3v) is 7.86. The van der Waals surface area contributed by atoms with Crippen LogP contribution in [0.5, 0.6) is 0 Å². The van der Waals surface area contributed by atoms with E-state index in [1.54, 1.807) is 24.9 Å². The van der Waals surface area contributed by atoms with Gasteiger partial charge in [0.2, 0.25) is 5.82 Å². The molecular weight excluding hydrogens is 498 g/mol. The SMILES string of the molecule is CC(=O)c1c([C@H]2C[C@H]3CC[C@@H](C2)N3C(=O)c2nnc[nH]2)nc2c(-c3ccc(-n4ccnc4)nc3)cnn2c1N. The number of aromatic nitrogens is 9. The molecule has 2 bridgehead atoms. The maximum Gasteiger partial charge on any atom is 0.292 e. The summed E-state index contributed by atoms with van der Waals surface area (Å²) >= 11 is 0. The smallest absolute Gasteiger partial charge is 0.292 e. The molecule has 39 heavy (non-hydrogen) atoms. The van der Waals surface area contributed by atoms with Gasteiger partial charge in [0.05, 0.1) is 17.5 Å². The average Bonchev–Trinajstić information content (AvgIpc) is 3.75. The highest BCUT2D eigenvalue weighted by Gasteiger charge is 2.45. The zero-order valence-electron chi connectivity index (χ0n) is 21.1. The van der Waals surface area contributed by atoms with E-state index in [2.05, 4.69) is 30.2 Å². The van der Waals surface area contributed by atoms with Crippen LogP contribution in [0.2, 0.25) is 0 Å². The topological polar surface area (TPSA) is 166 Å². The van der Waals surface area contributed by atoms with Crippen LogP contribution >= 0.6 is 0 Å². The number of aromatic amines is 1. The summed E-state index contributed by atoms with van der Waals surface area (Å²) in [5.74, 6) is 0.920. The van der Waals surface area contributed by atoms with Crippen molar-refractivity contribution in [2.24, 2.45) is 0 Å². The number of hydrogen-bond acceptors (Lipinski definition) is 9. The number of amides is 1. The van der Waals surface area contributed by atoms with Crippen LogP contribution in [0.3, 0.4) is 0 Å². The molecule has 2 aliphatic rings. The highest BCUT2D eigenvalue weighted by Crippen LogP contribution is 2.45. The zero-order valence-corrected chi connectivity index (χ0v) is 21.1. The van der Waals surface area contributed by atoms with Gasteiger partial charge < -0.3 is 15.6 Å². The molecule has 0 radical (unpaired) electrons. The highest BCUT2D eigenvalue weighted by atomic mass is 16.2. The minimum absolute atomic E-state index is 0.0229. The Bertz CT molecular complexity index is 1680. The number of carbonyl (C=O) groups is 2. The highest BCUT2D eigenvalue weighted by molar-refractivity contribution is 6.00. The fourth-order valence-corrected chi connectivity index (χ4v) is 6.15. The number of carbonyl (C=O) groups excluding carboxylic acids is 2. The van der Waals surface area contributed by atoms with Crippen molar-refractivity contribution in [2.45, 2.75) is 50.6 Å². The number of hydrogen-bond donors (Lipinski definition) is 2. The molecule has 0 saturated carbocycles. The molecule has 2 aliphatic heterocycles. The first-order chi connectivity index (χ1) is 19.0. The predicted octanol–water partition coefficient (Wildman–Crippen LogP) is 2.43. The molecule has 0 unspecified atom stereocenters. The van der Waals surface area contributed by atoms with Crippen molar-refractivity contribution < 1.29 is 9.59 Å². The molecule has 0 aromatic carbocycles. The summed E-state index contributed by atoms with van der Waals surface area (Å²) in [6.45, 7) is 1.50. The fourth-order valence-electron chi connectivity index (χ4n) is 6.15. The molecule has 5 aromatic heterocycles. The quantitative estimate of drug-likeness (QED) is 0.329. The van der Waals surface area contributed by atoms with Gasteiger partial charge in [0.1, 0.15) is 24.3 Å². The lowest BCUT2D eigenvalue weighted by Crippen LogP contribution is -2.46. The van der Waals surface area contributed by atoms with E-state index in [9.17, 15) is 9.59 Å². The van der Waals surface area contributed by atoms with Gasteiger partial charge in [0.15, 0.2) is 11.4 Å². The number of piperidine rings is 1. The van der Waals surface area contributed by atoms with Crippen LogP contribution in [-0.2, 0) is 0 Å². The van der Waals surface area contributed by atoms with Crippen molar-refractivity contribution in [1.29, 1.82) is 0 Å². The van der Waals surface area contributed by atoms with Crippen LogP contribution in [0, 0.1) is 0 Å². The van der Waals surface area contributed by atoms with Gasteiger partial charge in [0, 0.05) is 47.7 Å². The second-order valence-corrected chi connectivity index (χ2v) is 10.1. The molecule has 2 saturated heterocycles. The molecule has 196 valence electrons. The van der Waals surface area contributed by atoms with E-state index in [-0.39, 0.29) is 41.3 Å². The molecule has 3 atom stereocenters. The number of imidazole rings is 1. The standard InChI is InChI=1S/C26H25N11O2/c1-14(38)21-22(16-8-17-3-4-18(9-16)36(17)26(39)24-30-12-31-34-24)33-25-19(11-32-37(25)23(21)27)15-2-5-20(29-10-15)35-7-6-28-13-35/h2,5-7,10-13,16-18H,3-4,8-9,27H2,1H3,(H,30,31,34)/t16-,17+,18-. The Hall–Kier alpha value is -4.94. The molecule has 3 N–H and O–H groups in total. The van der Waals surface area contributed by atoms with Crippen LogP contribution < -0.4 is 5.73 Å². The number of anilines is 1. The molecule has 7 rings (SSSR count). The lowest BCUT2D eigenvalue weighted by atomic mass is 9.85. The lowest BCUT2D eigenvalue weighted by Gasteiger charge is -2.38. The van der Waals surface area contributed by atoms with Gasteiger partial charge in [-0.25, -0.2) is 15.0 Å². The fraction of sp³-hybridized carbons (Fsp3) is 0.308. The maximum atomic E-state index is 13.1. The molecule has 0 aliphatic carbocycles. The average molecular weight is 524 g/mol. The number of fused-ring (bicyclic) bond motifs is 3. The summed E-state index contributed by atoms with van der Waals surface area (Å²) in [6, 6.07) is 3.89. The van der Waals surface area contributed by atoms with Gasteiger partial charge in [0.25, 0.3) is 5.91 Å². The molecule has 2 fully saturated rings. The molecule has 7 heterocycles. The minimum atomic E-state index is -0.159. The third kappa shape index (κ3) is 3.68. The van der Waals surface area contributed by atoms with Gasteiger partial charge in [-0.2, -0.15) is 9.61 Å². The Balaban J connectivity index is 1.27. The van der Waals surface area contributed by atoms with Crippen LogP contribution in [-0.4, -0.2) is 73.0 Å². The Kier molecular flexibility index (Phi) is 5.25. The van der Waals surface area contributed by atoms with Crippen molar-refractivity contribution in [1.82, 2.24) is 49.2 Å². The van der Waals surface area contributed by atoms with Crippen LogP contribution in [0.4, 0.5) is 5.82 Å². The minimum Gasteiger partial charge on any atom is -0.383 e. The van der Waals surface area contributed by atoms with Gasteiger partial charge in [-0.1, -0.05) is 0 Å². The van der Waals surface area contributed by atoms with Crippen molar-refractivity contribution in [2.75, 3.05) is 5.73 Å². The Morgan fingerprint density at radius 2 is 1.95 bits per heavy atom. The number of pyridine rings is 1. The summed E-state index contributed by atoms with van der Waals surface area (Å²) in [5, 5.41) is 12.1. The normalized spacial score (nSPS) is 20.5. The Morgan fingerprint density at radius 1 is 1.13 bits per heavy atom. The first kappa shape index (κ1) is 23.2.